The van der Waals surface area contributed by atoms with E-state index in [2.05, 4.69) is 30.1 Å². The van der Waals surface area contributed by atoms with E-state index in [1.807, 2.05) is 6.20 Å². The third-order valence-electron chi connectivity index (χ3n) is 2.05. The number of aromatic nitrogens is 1. The summed E-state index contributed by atoms with van der Waals surface area (Å²) in [5.41, 5.74) is 3.45. The Hall–Kier alpha value is -1.50. The molecule has 0 aliphatic carbocycles. The van der Waals surface area contributed by atoms with Gasteiger partial charge >= 0.3 is 0 Å². The minimum atomic E-state index is 1.06. The van der Waals surface area contributed by atoms with Gasteiger partial charge in [0.15, 0.2) is 0 Å². The predicted octanol–water partition coefficient (Wildman–Crippen LogP) is 2.92. The Bertz CT molecular complexity index is 423. The number of hydrogen-bond donors (Lipinski definition) is 1. The lowest BCUT2D eigenvalue weighted by atomic mass is 10.1. The molecule has 0 amide bonds. The Balaban J connectivity index is 2.83. The summed E-state index contributed by atoms with van der Waals surface area (Å²) in [5.74, 6) is 0. The molecule has 1 heterocycles. The van der Waals surface area contributed by atoms with Crippen molar-refractivity contribution in [2.75, 3.05) is 0 Å². The molecule has 0 bridgehead atoms. The lowest BCUT2D eigenvalue weighted by Crippen LogP contribution is -1.72. The van der Waals surface area contributed by atoms with E-state index in [-0.39, 0.29) is 0 Å². The summed E-state index contributed by atoms with van der Waals surface area (Å²) < 4.78 is 0. The average Bonchev–Trinajstić information content (AvgIpc) is 2.46. The molecule has 12 heavy (non-hydrogen) atoms. The highest BCUT2D eigenvalue weighted by Gasteiger charge is 1.98. The van der Waals surface area contributed by atoms with Crippen LogP contribution in [0.25, 0.3) is 17.0 Å². The molecule has 1 aromatic carbocycles. The zero-order chi connectivity index (χ0) is 8.55. The first kappa shape index (κ1) is 7.17. The number of aryl methyl sites for hydroxylation is 1. The van der Waals surface area contributed by atoms with Crippen molar-refractivity contribution in [3.63, 3.8) is 0 Å². The van der Waals surface area contributed by atoms with Crippen LogP contribution in [-0.2, 0) is 0 Å². The van der Waals surface area contributed by atoms with E-state index >= 15 is 0 Å². The van der Waals surface area contributed by atoms with Crippen LogP contribution in [0.2, 0.25) is 0 Å². The van der Waals surface area contributed by atoms with Gasteiger partial charge in [0.2, 0.25) is 0 Å². The molecule has 0 saturated carbocycles. The van der Waals surface area contributed by atoms with Crippen LogP contribution in [0.1, 0.15) is 11.1 Å². The van der Waals surface area contributed by atoms with Crippen molar-refractivity contribution in [3.05, 3.63) is 42.1 Å². The molecule has 1 nitrogen and oxygen atoms in total. The summed E-state index contributed by atoms with van der Waals surface area (Å²) in [6, 6.07) is 6.28. The van der Waals surface area contributed by atoms with E-state index in [4.69, 9.17) is 6.58 Å². The first-order chi connectivity index (χ1) is 5.81. The van der Waals surface area contributed by atoms with Gasteiger partial charge in [-0.2, -0.15) is 0 Å². The van der Waals surface area contributed by atoms with Gasteiger partial charge in [-0.1, -0.05) is 24.3 Å². The fraction of sp³-hybridized carbons (Fsp3) is 0.0909. The second-order valence-electron chi connectivity index (χ2n) is 2.96. The molecular weight excluding hydrogens is 146 g/mol. The monoisotopic (exact) mass is 156 g/mol. The molecule has 59 valence electrons. The number of nitrogens with one attached hydrogen (secondary N) is 1. The Morgan fingerprint density at radius 1 is 1.42 bits per heavy atom. The average molecular weight is 156 g/mol. The fourth-order valence-electron chi connectivity index (χ4n) is 1.39. The van der Waals surface area contributed by atoms with Gasteiger partial charge in [0.05, 0.1) is 0 Å². The number of fused-ring (bicyclic) bond motifs is 1. The largest absolute Gasteiger partial charge is 0.361 e. The smallest absolute Gasteiger partial charge is 0.0460 e. The fourth-order valence-corrected chi connectivity index (χ4v) is 1.39. The molecule has 0 unspecified atom stereocenters. The van der Waals surface area contributed by atoms with Gasteiger partial charge in [-0.05, 0) is 24.6 Å². The van der Waals surface area contributed by atoms with Gasteiger partial charge in [0.1, 0.15) is 0 Å². The van der Waals surface area contributed by atoms with E-state index in [0.29, 0.717) is 0 Å². The normalized spacial score (nSPS) is 10.4. The number of hydrogen-bond acceptors (Lipinski definition) is 0. The van der Waals surface area contributed by atoms with Crippen molar-refractivity contribution in [1.82, 2.24) is 4.98 Å². The van der Waals surface area contributed by atoms with Crippen LogP contribution >= 0.6 is 0 Å². The zero-order valence-corrected chi connectivity index (χ0v) is 6.96. The highest BCUT2D eigenvalue weighted by molar-refractivity contribution is 5.88. The number of aromatic amines is 1. The summed E-state index contributed by atoms with van der Waals surface area (Å²) in [6.07, 6.45) is 3.54. The van der Waals surface area contributed by atoms with Crippen molar-refractivity contribution in [1.29, 1.82) is 0 Å². The first-order valence-corrected chi connectivity index (χ1v) is 3.94. The molecule has 0 fully saturated rings. The zero-order valence-electron chi connectivity index (χ0n) is 6.96. The van der Waals surface area contributed by atoms with Gasteiger partial charge in [0, 0.05) is 17.1 Å². The molecule has 2 rings (SSSR count). The maximum absolute atomic E-state index is 5.47. The highest BCUT2D eigenvalue weighted by Crippen LogP contribution is 2.19. The third kappa shape index (κ3) is 0.944. The number of H-pyrrole nitrogens is 1. The van der Waals surface area contributed by atoms with E-state index < -0.39 is 0 Å². The lowest BCUT2D eigenvalue weighted by Gasteiger charge is -1.93. The van der Waals surface area contributed by atoms with Gasteiger partial charge in [-0.3, -0.25) is 0 Å². The highest BCUT2D eigenvalue weighted by atomic mass is 14.7. The van der Waals surface area contributed by atoms with Crippen LogP contribution in [0.15, 0.2) is 24.4 Å². The topological polar surface area (TPSA) is 15.8 Å². The van der Waals surface area contributed by atoms with E-state index in [9.17, 15) is 0 Å². The lowest BCUT2D eigenvalue weighted by molar-refractivity contribution is 1.45. The van der Waals surface area contributed by atoms with Crippen molar-refractivity contribution < 1.29 is 0 Å². The van der Waals surface area contributed by atoms with Crippen LogP contribution in [0.4, 0.5) is 0 Å². The van der Waals surface area contributed by atoms with Crippen molar-refractivity contribution in [2.45, 2.75) is 6.92 Å². The van der Waals surface area contributed by atoms with Crippen LogP contribution in [0.3, 0.4) is 0 Å². The second-order valence-corrected chi connectivity index (χ2v) is 2.96. The van der Waals surface area contributed by atoms with Crippen LogP contribution < -0.4 is 0 Å². The minimum Gasteiger partial charge on any atom is -0.361 e. The van der Waals surface area contributed by atoms with Gasteiger partial charge in [-0.15, -0.1) is 0 Å². The Labute approximate surface area is 71.7 Å². The molecule has 0 atom stereocenters. The van der Waals surface area contributed by atoms with Crippen molar-refractivity contribution in [2.24, 2.45) is 0 Å². The molecule has 0 spiro atoms. The van der Waals surface area contributed by atoms with Crippen LogP contribution in [-0.4, -0.2) is 4.98 Å². The molecule has 1 aromatic heterocycles. The maximum Gasteiger partial charge on any atom is 0.0460 e. The Morgan fingerprint density at radius 2 is 2.25 bits per heavy atom. The van der Waals surface area contributed by atoms with Gasteiger partial charge in [-0.25, -0.2) is 0 Å². The number of rotatable bonds is 1. The Morgan fingerprint density at radius 3 is 3.00 bits per heavy atom. The molecule has 2 aromatic rings. The van der Waals surface area contributed by atoms with Crippen LogP contribution in [0, 0.1) is 13.5 Å². The third-order valence-corrected chi connectivity index (χ3v) is 2.05. The second kappa shape index (κ2) is 2.52. The predicted molar refractivity (Wildman–Crippen MR) is 51.8 cm³/mol. The van der Waals surface area contributed by atoms with E-state index in [1.165, 1.54) is 10.9 Å². The molecule has 0 aliphatic rings. The van der Waals surface area contributed by atoms with E-state index in [0.717, 1.165) is 11.1 Å². The Kier molecular flexibility index (Phi) is 1.51. The van der Waals surface area contributed by atoms with Crippen molar-refractivity contribution >= 4 is 17.0 Å². The molecule has 0 aliphatic heterocycles. The molecule has 1 heteroatoms. The first-order valence-electron chi connectivity index (χ1n) is 3.94. The molecule has 0 saturated heterocycles. The van der Waals surface area contributed by atoms with Gasteiger partial charge in [0.25, 0.3) is 0 Å². The summed E-state index contributed by atoms with van der Waals surface area (Å²) >= 11 is 0. The SMILES string of the molecule is [CH]=Cc1c[nH]c2ccc(C)cc12. The summed E-state index contributed by atoms with van der Waals surface area (Å²) in [7, 11) is 0. The molecule has 1 radical (unpaired) electrons. The maximum atomic E-state index is 5.47. The standard InChI is InChI=1S/C11H10N/c1-3-9-7-12-11-5-4-8(2)6-10(9)11/h1,3-7,12H,2H3. The quantitative estimate of drug-likeness (QED) is 0.653. The summed E-state index contributed by atoms with van der Waals surface area (Å²) in [6.45, 7) is 7.54. The van der Waals surface area contributed by atoms with Crippen molar-refractivity contribution in [3.8, 4) is 0 Å². The molecule has 1 N–H and O–H groups in total. The molecular formula is C11H10N. The summed E-state index contributed by atoms with van der Waals surface area (Å²) in [5, 5.41) is 1.19. The number of benzene rings is 1. The summed E-state index contributed by atoms with van der Waals surface area (Å²) in [4.78, 5) is 3.16. The van der Waals surface area contributed by atoms with Crippen LogP contribution in [0.5, 0.6) is 0 Å². The van der Waals surface area contributed by atoms with Gasteiger partial charge < -0.3 is 4.98 Å². The minimum absolute atomic E-state index is 1.06. The van der Waals surface area contributed by atoms with E-state index in [1.54, 1.807) is 6.08 Å².